The Morgan fingerprint density at radius 2 is 1.79 bits per heavy atom. The normalized spacial score (nSPS) is 12.1. The zero-order chi connectivity index (χ0) is 14.4. The van der Waals surface area contributed by atoms with Crippen LogP contribution in [0.4, 0.5) is 5.69 Å². The van der Waals surface area contributed by atoms with Gasteiger partial charge in [0.1, 0.15) is 0 Å². The number of anilines is 1. The lowest BCUT2D eigenvalue weighted by Crippen LogP contribution is -2.42. The summed E-state index contributed by atoms with van der Waals surface area (Å²) >= 11 is 0. The number of hydrogen-bond acceptors (Lipinski definition) is 3. The molecule has 0 fully saturated rings. The van der Waals surface area contributed by atoms with E-state index in [1.54, 1.807) is 4.90 Å². The Labute approximate surface area is 116 Å². The van der Waals surface area contributed by atoms with Crippen LogP contribution in [0.1, 0.15) is 25.8 Å². The molecule has 0 saturated carbocycles. The van der Waals surface area contributed by atoms with Crippen molar-refractivity contribution in [1.82, 2.24) is 4.90 Å². The Morgan fingerprint density at radius 1 is 1.21 bits per heavy atom. The third kappa shape index (κ3) is 4.24. The van der Waals surface area contributed by atoms with Crippen molar-refractivity contribution in [2.45, 2.75) is 32.9 Å². The lowest BCUT2D eigenvalue weighted by Gasteiger charge is -2.24. The summed E-state index contributed by atoms with van der Waals surface area (Å²) in [6, 6.07) is 7.85. The highest BCUT2D eigenvalue weighted by Crippen LogP contribution is 2.14. The summed E-state index contributed by atoms with van der Waals surface area (Å²) < 4.78 is 0. The minimum atomic E-state index is -0.388. The number of nitrogens with two attached hydrogens (primary N) is 1. The summed E-state index contributed by atoms with van der Waals surface area (Å²) in [6.07, 6.45) is 0.675. The predicted molar refractivity (Wildman–Crippen MR) is 80.1 cm³/mol. The Hall–Kier alpha value is -1.55. The molecule has 0 unspecified atom stereocenters. The van der Waals surface area contributed by atoms with Gasteiger partial charge in [-0.15, -0.1) is 0 Å². The van der Waals surface area contributed by atoms with Gasteiger partial charge < -0.3 is 15.5 Å². The first-order chi connectivity index (χ1) is 8.99. The molecular weight excluding hydrogens is 238 g/mol. The fourth-order valence-corrected chi connectivity index (χ4v) is 1.87. The number of carbonyl (C=O) groups excluding carboxylic acids is 1. The second kappa shape index (κ2) is 7.14. The zero-order valence-corrected chi connectivity index (χ0v) is 12.4. The number of hydrogen-bond donors (Lipinski definition) is 1. The molecule has 2 N–H and O–H groups in total. The van der Waals surface area contributed by atoms with E-state index < -0.39 is 0 Å². The van der Waals surface area contributed by atoms with Gasteiger partial charge in [-0.1, -0.05) is 19.1 Å². The molecule has 0 radical (unpaired) electrons. The van der Waals surface area contributed by atoms with Gasteiger partial charge in [0.25, 0.3) is 0 Å². The van der Waals surface area contributed by atoms with Crippen LogP contribution in [-0.4, -0.2) is 37.5 Å². The first-order valence-corrected chi connectivity index (χ1v) is 6.80. The Morgan fingerprint density at radius 3 is 2.21 bits per heavy atom. The van der Waals surface area contributed by atoms with E-state index in [2.05, 4.69) is 29.2 Å². The summed E-state index contributed by atoms with van der Waals surface area (Å²) in [5.74, 6) is 0.0293. The Kier molecular flexibility index (Phi) is 5.83. The summed E-state index contributed by atoms with van der Waals surface area (Å²) in [7, 11) is 4.02. The summed E-state index contributed by atoms with van der Waals surface area (Å²) in [5.41, 5.74) is 8.10. The molecule has 1 aromatic carbocycles. The molecule has 1 aromatic rings. The van der Waals surface area contributed by atoms with Crippen molar-refractivity contribution >= 4 is 11.6 Å². The molecule has 0 aliphatic carbocycles. The number of likely N-dealkylation sites (N-methyl/N-ethyl adjacent to an activating group) is 1. The highest BCUT2D eigenvalue weighted by molar-refractivity contribution is 5.81. The number of rotatable bonds is 6. The minimum Gasteiger partial charge on any atom is -0.378 e. The number of benzene rings is 1. The van der Waals surface area contributed by atoms with Crippen LogP contribution in [0, 0.1) is 0 Å². The molecule has 0 saturated heterocycles. The SMILES string of the molecule is CC[C@@H](N)C(=O)N(CC)Cc1ccc(N(C)C)cc1. The molecule has 0 aliphatic heterocycles. The predicted octanol–water partition coefficient (Wildman–Crippen LogP) is 1.84. The second-order valence-electron chi connectivity index (χ2n) is 4.93. The van der Waals surface area contributed by atoms with Crippen molar-refractivity contribution < 1.29 is 4.79 Å². The largest absolute Gasteiger partial charge is 0.378 e. The molecule has 1 atom stereocenters. The van der Waals surface area contributed by atoms with Crippen LogP contribution in [0.3, 0.4) is 0 Å². The van der Waals surface area contributed by atoms with Crippen LogP contribution in [0.5, 0.6) is 0 Å². The maximum atomic E-state index is 12.1. The van der Waals surface area contributed by atoms with Crippen molar-refractivity contribution in [2.24, 2.45) is 5.73 Å². The Bertz CT molecular complexity index is 400. The van der Waals surface area contributed by atoms with Crippen molar-refractivity contribution in [3.05, 3.63) is 29.8 Å². The van der Waals surface area contributed by atoms with Crippen molar-refractivity contribution in [3.8, 4) is 0 Å². The van der Waals surface area contributed by atoms with Crippen LogP contribution in [0.15, 0.2) is 24.3 Å². The van der Waals surface area contributed by atoms with Crippen molar-refractivity contribution in [2.75, 3.05) is 25.5 Å². The lowest BCUT2D eigenvalue weighted by atomic mass is 10.1. The molecule has 4 nitrogen and oxygen atoms in total. The fourth-order valence-electron chi connectivity index (χ4n) is 1.87. The van der Waals surface area contributed by atoms with E-state index in [4.69, 9.17) is 5.73 Å². The third-order valence-electron chi connectivity index (χ3n) is 3.28. The van der Waals surface area contributed by atoms with E-state index in [-0.39, 0.29) is 11.9 Å². The molecule has 0 bridgehead atoms. The highest BCUT2D eigenvalue weighted by Gasteiger charge is 2.18. The molecule has 19 heavy (non-hydrogen) atoms. The average molecular weight is 263 g/mol. The van der Waals surface area contributed by atoms with Crippen LogP contribution < -0.4 is 10.6 Å². The van der Waals surface area contributed by atoms with E-state index in [1.165, 1.54) is 0 Å². The molecule has 4 heteroatoms. The fraction of sp³-hybridized carbons (Fsp3) is 0.533. The molecule has 0 aliphatic rings. The maximum absolute atomic E-state index is 12.1. The molecule has 0 heterocycles. The molecule has 0 spiro atoms. The highest BCUT2D eigenvalue weighted by atomic mass is 16.2. The monoisotopic (exact) mass is 263 g/mol. The summed E-state index contributed by atoms with van der Waals surface area (Å²) in [5, 5.41) is 0. The van der Waals surface area contributed by atoms with E-state index >= 15 is 0 Å². The minimum absolute atomic E-state index is 0.0293. The topological polar surface area (TPSA) is 49.6 Å². The first-order valence-electron chi connectivity index (χ1n) is 6.80. The quantitative estimate of drug-likeness (QED) is 0.852. The van der Waals surface area contributed by atoms with E-state index in [0.29, 0.717) is 19.5 Å². The smallest absolute Gasteiger partial charge is 0.239 e. The van der Waals surface area contributed by atoms with Gasteiger partial charge in [-0.25, -0.2) is 0 Å². The van der Waals surface area contributed by atoms with Crippen LogP contribution in [0.25, 0.3) is 0 Å². The average Bonchev–Trinajstić information content (AvgIpc) is 2.43. The standard InChI is InChI=1S/C15H25N3O/c1-5-14(16)15(19)18(6-2)11-12-7-9-13(10-8-12)17(3)4/h7-10,14H,5-6,11,16H2,1-4H3/t14-/m1/s1. The van der Waals surface area contributed by atoms with Gasteiger partial charge in [0.15, 0.2) is 0 Å². The molecule has 1 amide bonds. The van der Waals surface area contributed by atoms with Gasteiger partial charge >= 0.3 is 0 Å². The van der Waals surface area contributed by atoms with Crippen LogP contribution in [-0.2, 0) is 11.3 Å². The Balaban J connectivity index is 2.73. The third-order valence-corrected chi connectivity index (χ3v) is 3.28. The van der Waals surface area contributed by atoms with E-state index in [1.807, 2.05) is 27.9 Å². The van der Waals surface area contributed by atoms with Gasteiger partial charge in [-0.3, -0.25) is 4.79 Å². The van der Waals surface area contributed by atoms with Gasteiger partial charge in [0, 0.05) is 32.9 Å². The van der Waals surface area contributed by atoms with Gasteiger partial charge in [0.2, 0.25) is 5.91 Å². The zero-order valence-electron chi connectivity index (χ0n) is 12.4. The second-order valence-corrected chi connectivity index (χ2v) is 4.93. The first kappa shape index (κ1) is 15.5. The van der Waals surface area contributed by atoms with Gasteiger partial charge in [0.05, 0.1) is 6.04 Å². The van der Waals surface area contributed by atoms with Crippen LogP contribution >= 0.6 is 0 Å². The van der Waals surface area contributed by atoms with Gasteiger partial charge in [-0.05, 0) is 31.0 Å². The molecular formula is C15H25N3O. The molecule has 1 rings (SSSR count). The van der Waals surface area contributed by atoms with Gasteiger partial charge in [-0.2, -0.15) is 0 Å². The summed E-state index contributed by atoms with van der Waals surface area (Å²) in [6.45, 7) is 5.22. The van der Waals surface area contributed by atoms with Crippen molar-refractivity contribution in [3.63, 3.8) is 0 Å². The van der Waals surface area contributed by atoms with Crippen LogP contribution in [0.2, 0.25) is 0 Å². The summed E-state index contributed by atoms with van der Waals surface area (Å²) in [4.78, 5) is 15.9. The number of nitrogens with zero attached hydrogens (tertiary/aromatic N) is 2. The number of amides is 1. The molecule has 106 valence electrons. The van der Waals surface area contributed by atoms with E-state index in [0.717, 1.165) is 11.3 Å². The molecule has 0 aromatic heterocycles. The lowest BCUT2D eigenvalue weighted by molar-refractivity contribution is -0.133. The van der Waals surface area contributed by atoms with E-state index in [9.17, 15) is 4.79 Å². The maximum Gasteiger partial charge on any atom is 0.239 e. The number of carbonyl (C=O) groups is 1. The van der Waals surface area contributed by atoms with Crippen molar-refractivity contribution in [1.29, 1.82) is 0 Å².